The molecule has 1 aromatic heterocycles. The quantitative estimate of drug-likeness (QED) is 0.644. The molecule has 6 heteroatoms. The van der Waals surface area contributed by atoms with E-state index in [4.69, 9.17) is 4.42 Å². The van der Waals surface area contributed by atoms with Crippen LogP contribution in [-0.2, 0) is 11.2 Å². The van der Waals surface area contributed by atoms with Gasteiger partial charge in [-0.2, -0.15) is 0 Å². The minimum Gasteiger partial charge on any atom is -0.508 e. The number of hydrogen-bond donors (Lipinski definition) is 1. The van der Waals surface area contributed by atoms with Gasteiger partial charge in [0.05, 0.1) is 12.0 Å². The van der Waals surface area contributed by atoms with Crippen molar-refractivity contribution in [1.82, 2.24) is 9.80 Å². The van der Waals surface area contributed by atoms with Crippen molar-refractivity contribution < 1.29 is 14.3 Å². The van der Waals surface area contributed by atoms with E-state index < -0.39 is 5.63 Å². The Hall–Kier alpha value is -3.38. The standard InChI is InChI=1S/C25H26N2O4/c1-18-21-10-9-20(28)16-23(21)31-25(30)22(18)17-24(29)27-14-12-26(13-15-27)11-5-8-19-6-3-2-4-7-19/h2-10,16,28H,11-15,17H2,1H3/b8-5+. The topological polar surface area (TPSA) is 74.0 Å². The molecule has 0 saturated carbocycles. The molecule has 1 aliphatic heterocycles. The first-order chi connectivity index (χ1) is 15.0. The summed E-state index contributed by atoms with van der Waals surface area (Å²) in [6.45, 7) is 5.55. The average Bonchev–Trinajstić information content (AvgIpc) is 2.77. The highest BCUT2D eigenvalue weighted by Crippen LogP contribution is 2.23. The summed E-state index contributed by atoms with van der Waals surface area (Å²) in [7, 11) is 0. The lowest BCUT2D eigenvalue weighted by atomic mass is 10.0. The number of aromatic hydroxyl groups is 1. The number of phenolic OH excluding ortho intramolecular Hbond substituents is 1. The molecule has 0 aliphatic carbocycles. The van der Waals surface area contributed by atoms with Gasteiger partial charge in [-0.25, -0.2) is 4.79 Å². The summed E-state index contributed by atoms with van der Waals surface area (Å²) in [5, 5.41) is 10.3. The van der Waals surface area contributed by atoms with Crippen LogP contribution in [0, 0.1) is 6.92 Å². The molecule has 0 radical (unpaired) electrons. The maximum atomic E-state index is 12.8. The van der Waals surface area contributed by atoms with Crippen molar-refractivity contribution in [3.05, 3.63) is 81.7 Å². The minimum atomic E-state index is -0.520. The first kappa shape index (κ1) is 20.9. The number of amides is 1. The van der Waals surface area contributed by atoms with Gasteiger partial charge in [-0.1, -0.05) is 42.5 Å². The normalized spacial score (nSPS) is 15.1. The first-order valence-corrected chi connectivity index (χ1v) is 10.5. The third-order valence-electron chi connectivity index (χ3n) is 5.80. The number of rotatable bonds is 5. The zero-order valence-corrected chi connectivity index (χ0v) is 17.6. The van der Waals surface area contributed by atoms with E-state index in [1.54, 1.807) is 12.1 Å². The molecular weight excluding hydrogens is 392 g/mol. The smallest absolute Gasteiger partial charge is 0.340 e. The zero-order valence-electron chi connectivity index (χ0n) is 17.6. The fraction of sp³-hybridized carbons (Fsp3) is 0.280. The highest BCUT2D eigenvalue weighted by atomic mass is 16.4. The Morgan fingerprint density at radius 2 is 1.84 bits per heavy atom. The van der Waals surface area contributed by atoms with Gasteiger partial charge >= 0.3 is 5.63 Å². The van der Waals surface area contributed by atoms with Crippen LogP contribution in [-0.4, -0.2) is 53.5 Å². The Bertz CT molecular complexity index is 1160. The lowest BCUT2D eigenvalue weighted by Gasteiger charge is -2.34. The summed E-state index contributed by atoms with van der Waals surface area (Å²) in [5.41, 5.74) is 2.10. The Morgan fingerprint density at radius 1 is 1.10 bits per heavy atom. The molecule has 0 bridgehead atoms. The van der Waals surface area contributed by atoms with Gasteiger partial charge in [-0.05, 0) is 30.2 Å². The molecule has 1 saturated heterocycles. The molecule has 1 amide bonds. The van der Waals surface area contributed by atoms with Crippen LogP contribution in [0.1, 0.15) is 16.7 Å². The fourth-order valence-corrected chi connectivity index (χ4v) is 3.93. The molecule has 2 aromatic carbocycles. The second kappa shape index (κ2) is 9.18. The summed E-state index contributed by atoms with van der Waals surface area (Å²) in [5.74, 6) is -0.0247. The third kappa shape index (κ3) is 4.86. The maximum absolute atomic E-state index is 12.8. The lowest BCUT2D eigenvalue weighted by Crippen LogP contribution is -2.49. The van der Waals surface area contributed by atoms with E-state index in [1.165, 1.54) is 11.6 Å². The van der Waals surface area contributed by atoms with E-state index in [2.05, 4.69) is 29.2 Å². The van der Waals surface area contributed by atoms with E-state index in [-0.39, 0.29) is 18.1 Å². The Labute approximate surface area is 181 Å². The van der Waals surface area contributed by atoms with E-state index in [9.17, 15) is 14.7 Å². The molecule has 1 aliphatic rings. The Morgan fingerprint density at radius 3 is 2.58 bits per heavy atom. The number of nitrogens with zero attached hydrogens (tertiary/aromatic N) is 2. The zero-order chi connectivity index (χ0) is 21.8. The monoisotopic (exact) mass is 418 g/mol. The number of hydrogen-bond acceptors (Lipinski definition) is 5. The second-order valence-corrected chi connectivity index (χ2v) is 7.84. The van der Waals surface area contributed by atoms with Gasteiger partial charge in [0.25, 0.3) is 0 Å². The van der Waals surface area contributed by atoms with Crippen LogP contribution in [0.15, 0.2) is 63.8 Å². The van der Waals surface area contributed by atoms with Crippen molar-refractivity contribution in [3.8, 4) is 5.75 Å². The Kier molecular flexibility index (Phi) is 6.18. The van der Waals surface area contributed by atoms with Crippen molar-refractivity contribution in [2.75, 3.05) is 32.7 Å². The number of aryl methyl sites for hydroxylation is 1. The molecule has 0 atom stereocenters. The van der Waals surface area contributed by atoms with Crippen LogP contribution in [0.3, 0.4) is 0 Å². The number of piperazine rings is 1. The van der Waals surface area contributed by atoms with Crippen LogP contribution in [0.25, 0.3) is 17.0 Å². The van der Waals surface area contributed by atoms with E-state index >= 15 is 0 Å². The van der Waals surface area contributed by atoms with Gasteiger partial charge < -0.3 is 14.4 Å². The fourth-order valence-electron chi connectivity index (χ4n) is 3.93. The molecule has 1 N–H and O–H groups in total. The maximum Gasteiger partial charge on any atom is 0.340 e. The largest absolute Gasteiger partial charge is 0.508 e. The van der Waals surface area contributed by atoms with Gasteiger partial charge in [0.1, 0.15) is 11.3 Å². The molecule has 0 unspecified atom stereocenters. The predicted molar refractivity (Wildman–Crippen MR) is 121 cm³/mol. The molecule has 6 nitrogen and oxygen atoms in total. The highest BCUT2D eigenvalue weighted by Gasteiger charge is 2.23. The number of benzene rings is 2. The molecule has 31 heavy (non-hydrogen) atoms. The molecule has 1 fully saturated rings. The van der Waals surface area contributed by atoms with E-state index in [1.807, 2.05) is 30.0 Å². The Balaban J connectivity index is 1.36. The van der Waals surface area contributed by atoms with Gasteiger partial charge in [0, 0.05) is 44.2 Å². The second-order valence-electron chi connectivity index (χ2n) is 7.84. The summed E-state index contributed by atoms with van der Waals surface area (Å²) >= 11 is 0. The van der Waals surface area contributed by atoms with Gasteiger partial charge in [0.2, 0.25) is 5.91 Å². The number of fused-ring (bicyclic) bond motifs is 1. The SMILES string of the molecule is Cc1c(CC(=O)N2CCN(C/C=C/c3ccccc3)CC2)c(=O)oc2cc(O)ccc12. The summed E-state index contributed by atoms with van der Waals surface area (Å²) in [6, 6.07) is 14.9. The van der Waals surface area contributed by atoms with Gasteiger partial charge in [-0.15, -0.1) is 0 Å². The highest BCUT2D eigenvalue weighted by molar-refractivity contribution is 5.85. The minimum absolute atomic E-state index is 0.0267. The molecule has 4 rings (SSSR count). The van der Waals surface area contributed by atoms with Crippen molar-refractivity contribution in [3.63, 3.8) is 0 Å². The van der Waals surface area contributed by atoms with Crippen LogP contribution >= 0.6 is 0 Å². The van der Waals surface area contributed by atoms with Crippen molar-refractivity contribution in [1.29, 1.82) is 0 Å². The van der Waals surface area contributed by atoms with E-state index in [0.29, 0.717) is 24.2 Å². The molecule has 2 heterocycles. The molecule has 0 spiro atoms. The summed E-state index contributed by atoms with van der Waals surface area (Å²) in [4.78, 5) is 29.4. The number of carbonyl (C=O) groups excluding carboxylic acids is 1. The third-order valence-corrected chi connectivity index (χ3v) is 5.80. The lowest BCUT2D eigenvalue weighted by molar-refractivity contribution is -0.132. The average molecular weight is 418 g/mol. The summed E-state index contributed by atoms with van der Waals surface area (Å²) in [6.07, 6.45) is 4.28. The van der Waals surface area contributed by atoms with Crippen LogP contribution in [0.5, 0.6) is 5.75 Å². The molecular formula is C25H26N2O4. The first-order valence-electron chi connectivity index (χ1n) is 10.5. The van der Waals surface area contributed by atoms with E-state index in [0.717, 1.165) is 30.6 Å². The van der Waals surface area contributed by atoms with Crippen LogP contribution in [0.2, 0.25) is 0 Å². The molecule has 3 aromatic rings. The predicted octanol–water partition coefficient (Wildman–Crippen LogP) is 3.21. The number of carbonyl (C=O) groups is 1. The summed E-state index contributed by atoms with van der Waals surface area (Å²) < 4.78 is 5.34. The number of phenols is 1. The van der Waals surface area contributed by atoms with Gasteiger partial charge in [0.15, 0.2) is 0 Å². The van der Waals surface area contributed by atoms with Crippen LogP contribution < -0.4 is 5.63 Å². The van der Waals surface area contributed by atoms with Gasteiger partial charge in [-0.3, -0.25) is 9.69 Å². The molecule has 160 valence electrons. The van der Waals surface area contributed by atoms with Crippen molar-refractivity contribution in [2.45, 2.75) is 13.3 Å². The van der Waals surface area contributed by atoms with Crippen LogP contribution in [0.4, 0.5) is 0 Å². The van der Waals surface area contributed by atoms with Crippen molar-refractivity contribution in [2.24, 2.45) is 0 Å². The van der Waals surface area contributed by atoms with Crippen molar-refractivity contribution >= 4 is 23.0 Å².